The average Bonchev–Trinajstić information content (AvgIpc) is 2.35. The maximum Gasteiger partial charge on any atom is 0.220 e. The van der Waals surface area contributed by atoms with Gasteiger partial charge in [0.15, 0.2) is 0 Å². The van der Waals surface area contributed by atoms with Crippen molar-refractivity contribution in [3.05, 3.63) is 29.3 Å². The van der Waals surface area contributed by atoms with Crippen LogP contribution in [0.4, 0.5) is 0 Å². The molecule has 0 unspecified atom stereocenters. The number of carbonyl (C=O) groups is 1. The van der Waals surface area contributed by atoms with E-state index >= 15 is 0 Å². The molecular formula is C15H23NO2. The smallest absolute Gasteiger partial charge is 0.220 e. The Labute approximate surface area is 110 Å². The molecule has 0 aliphatic heterocycles. The third-order valence-electron chi connectivity index (χ3n) is 2.82. The third kappa shape index (κ3) is 4.40. The summed E-state index contributed by atoms with van der Waals surface area (Å²) in [5, 5.41) is 2.94. The number of benzene rings is 1. The fourth-order valence-corrected chi connectivity index (χ4v) is 1.83. The Morgan fingerprint density at radius 3 is 2.67 bits per heavy atom. The fourth-order valence-electron chi connectivity index (χ4n) is 1.83. The van der Waals surface area contributed by atoms with Crippen LogP contribution >= 0.6 is 0 Å². The minimum Gasteiger partial charge on any atom is -0.496 e. The number of hydrogen-bond acceptors (Lipinski definition) is 2. The summed E-state index contributed by atoms with van der Waals surface area (Å²) in [5.41, 5.74) is 2.29. The van der Waals surface area contributed by atoms with Crippen molar-refractivity contribution in [3.8, 4) is 5.75 Å². The zero-order valence-corrected chi connectivity index (χ0v) is 11.7. The molecule has 0 saturated carbocycles. The predicted molar refractivity (Wildman–Crippen MR) is 73.7 cm³/mol. The van der Waals surface area contributed by atoms with Crippen LogP contribution in [0.15, 0.2) is 18.2 Å². The molecule has 3 heteroatoms. The Hall–Kier alpha value is -1.51. The first-order chi connectivity index (χ1) is 8.56. The lowest BCUT2D eigenvalue weighted by molar-refractivity contribution is -0.121. The monoisotopic (exact) mass is 249 g/mol. The van der Waals surface area contributed by atoms with E-state index in [0.717, 1.165) is 17.7 Å². The van der Waals surface area contributed by atoms with Gasteiger partial charge in [-0.15, -0.1) is 0 Å². The number of aryl methyl sites for hydroxylation is 1. The van der Waals surface area contributed by atoms with Crippen molar-refractivity contribution in [1.82, 2.24) is 5.32 Å². The summed E-state index contributed by atoms with van der Waals surface area (Å²) >= 11 is 0. The number of amides is 1. The minimum atomic E-state index is 0.0916. The van der Waals surface area contributed by atoms with Gasteiger partial charge in [-0.2, -0.15) is 0 Å². The van der Waals surface area contributed by atoms with Gasteiger partial charge in [-0.05, 0) is 24.0 Å². The molecule has 0 spiro atoms. The van der Waals surface area contributed by atoms with Gasteiger partial charge in [0.25, 0.3) is 0 Å². The van der Waals surface area contributed by atoms with E-state index in [2.05, 4.69) is 24.4 Å². The molecule has 1 N–H and O–H groups in total. The molecule has 0 aliphatic carbocycles. The lowest BCUT2D eigenvalue weighted by Crippen LogP contribution is -2.24. The summed E-state index contributed by atoms with van der Waals surface area (Å²) in [6.07, 6.45) is 1.55. The molecule has 0 aromatic heterocycles. The van der Waals surface area contributed by atoms with E-state index in [1.165, 1.54) is 5.56 Å². The Morgan fingerprint density at radius 1 is 1.39 bits per heavy atom. The number of hydrogen-bond donors (Lipinski definition) is 1. The van der Waals surface area contributed by atoms with Gasteiger partial charge in [-0.3, -0.25) is 4.79 Å². The van der Waals surface area contributed by atoms with Crippen LogP contribution in [0.25, 0.3) is 0 Å². The SMILES string of the molecule is CCc1ccc(OC)c(CNC(=O)CC(C)C)c1. The zero-order valence-electron chi connectivity index (χ0n) is 11.7. The lowest BCUT2D eigenvalue weighted by Gasteiger charge is -2.12. The second-order valence-corrected chi connectivity index (χ2v) is 4.87. The molecule has 0 bridgehead atoms. The van der Waals surface area contributed by atoms with Gasteiger partial charge in [0.2, 0.25) is 5.91 Å². The predicted octanol–water partition coefficient (Wildman–Crippen LogP) is 2.92. The molecule has 0 radical (unpaired) electrons. The topological polar surface area (TPSA) is 38.3 Å². The first-order valence-corrected chi connectivity index (χ1v) is 6.49. The normalized spacial score (nSPS) is 10.5. The van der Waals surface area contributed by atoms with E-state index in [9.17, 15) is 4.79 Å². The van der Waals surface area contributed by atoms with Crippen molar-refractivity contribution < 1.29 is 9.53 Å². The summed E-state index contributed by atoms with van der Waals surface area (Å²) in [6, 6.07) is 6.11. The molecule has 0 saturated heterocycles. The van der Waals surface area contributed by atoms with Crippen molar-refractivity contribution in [2.45, 2.75) is 40.2 Å². The van der Waals surface area contributed by atoms with Crippen molar-refractivity contribution in [3.63, 3.8) is 0 Å². The Morgan fingerprint density at radius 2 is 2.11 bits per heavy atom. The van der Waals surface area contributed by atoms with Gasteiger partial charge in [0.1, 0.15) is 5.75 Å². The maximum atomic E-state index is 11.6. The second kappa shape index (κ2) is 7.04. The van der Waals surface area contributed by atoms with E-state index in [1.807, 2.05) is 19.9 Å². The minimum absolute atomic E-state index is 0.0916. The molecule has 100 valence electrons. The van der Waals surface area contributed by atoms with Gasteiger partial charge < -0.3 is 10.1 Å². The number of carbonyl (C=O) groups excluding carboxylic acids is 1. The van der Waals surface area contributed by atoms with Gasteiger partial charge >= 0.3 is 0 Å². The van der Waals surface area contributed by atoms with Gasteiger partial charge in [0.05, 0.1) is 7.11 Å². The van der Waals surface area contributed by atoms with Crippen molar-refractivity contribution in [2.75, 3.05) is 7.11 Å². The number of methoxy groups -OCH3 is 1. The van der Waals surface area contributed by atoms with Gasteiger partial charge in [-0.1, -0.05) is 32.9 Å². The standard InChI is InChI=1S/C15H23NO2/c1-5-12-6-7-14(18-4)13(9-12)10-16-15(17)8-11(2)3/h6-7,9,11H,5,8,10H2,1-4H3,(H,16,17). The number of rotatable bonds is 6. The summed E-state index contributed by atoms with van der Waals surface area (Å²) < 4.78 is 5.31. The highest BCUT2D eigenvalue weighted by Crippen LogP contribution is 2.20. The van der Waals surface area contributed by atoms with Gasteiger partial charge in [0, 0.05) is 18.5 Å². The highest BCUT2D eigenvalue weighted by molar-refractivity contribution is 5.76. The van der Waals surface area contributed by atoms with E-state index in [4.69, 9.17) is 4.74 Å². The van der Waals surface area contributed by atoms with E-state index in [0.29, 0.717) is 18.9 Å². The average molecular weight is 249 g/mol. The van der Waals surface area contributed by atoms with Crippen LogP contribution in [0.5, 0.6) is 5.75 Å². The molecule has 1 aromatic carbocycles. The molecule has 1 amide bonds. The molecule has 0 atom stereocenters. The highest BCUT2D eigenvalue weighted by Gasteiger charge is 2.07. The van der Waals surface area contributed by atoms with Crippen LogP contribution < -0.4 is 10.1 Å². The summed E-state index contributed by atoms with van der Waals surface area (Å²) in [5.74, 6) is 1.31. The maximum absolute atomic E-state index is 11.6. The largest absolute Gasteiger partial charge is 0.496 e. The third-order valence-corrected chi connectivity index (χ3v) is 2.82. The van der Waals surface area contributed by atoms with Crippen LogP contribution in [0.2, 0.25) is 0 Å². The highest BCUT2D eigenvalue weighted by atomic mass is 16.5. The van der Waals surface area contributed by atoms with Crippen LogP contribution in [-0.2, 0) is 17.8 Å². The van der Waals surface area contributed by atoms with Crippen LogP contribution in [-0.4, -0.2) is 13.0 Å². The van der Waals surface area contributed by atoms with Crippen molar-refractivity contribution in [1.29, 1.82) is 0 Å². The summed E-state index contributed by atoms with van der Waals surface area (Å²) in [6.45, 7) is 6.72. The molecule has 3 nitrogen and oxygen atoms in total. The van der Waals surface area contributed by atoms with E-state index in [-0.39, 0.29) is 5.91 Å². The van der Waals surface area contributed by atoms with Crippen LogP contribution in [0.1, 0.15) is 38.3 Å². The zero-order chi connectivity index (χ0) is 13.5. The molecule has 1 rings (SSSR count). The van der Waals surface area contributed by atoms with Crippen LogP contribution in [0, 0.1) is 5.92 Å². The summed E-state index contributed by atoms with van der Waals surface area (Å²) in [7, 11) is 1.65. The van der Waals surface area contributed by atoms with Gasteiger partial charge in [-0.25, -0.2) is 0 Å². The molecule has 0 heterocycles. The Kier molecular flexibility index (Phi) is 5.69. The molecule has 0 fully saturated rings. The molecular weight excluding hydrogens is 226 g/mol. The Bertz CT molecular complexity index is 399. The van der Waals surface area contributed by atoms with E-state index < -0.39 is 0 Å². The number of ether oxygens (including phenoxy) is 1. The molecule has 1 aromatic rings. The molecule has 18 heavy (non-hydrogen) atoms. The van der Waals surface area contributed by atoms with Crippen LogP contribution in [0.3, 0.4) is 0 Å². The van der Waals surface area contributed by atoms with Crippen molar-refractivity contribution in [2.24, 2.45) is 5.92 Å². The second-order valence-electron chi connectivity index (χ2n) is 4.87. The first kappa shape index (κ1) is 14.6. The first-order valence-electron chi connectivity index (χ1n) is 6.49. The Balaban J connectivity index is 2.67. The molecule has 0 aliphatic rings. The van der Waals surface area contributed by atoms with E-state index in [1.54, 1.807) is 7.11 Å². The lowest BCUT2D eigenvalue weighted by atomic mass is 10.1. The fraction of sp³-hybridized carbons (Fsp3) is 0.533. The van der Waals surface area contributed by atoms with Crippen molar-refractivity contribution >= 4 is 5.91 Å². The summed E-state index contributed by atoms with van der Waals surface area (Å²) in [4.78, 5) is 11.6. The number of nitrogens with one attached hydrogen (secondary N) is 1. The quantitative estimate of drug-likeness (QED) is 0.842.